The minimum absolute atomic E-state index is 0.0334. The zero-order chi connectivity index (χ0) is 27.0. The van der Waals surface area contributed by atoms with Gasteiger partial charge in [0.05, 0.1) is 51.8 Å². The Morgan fingerprint density at radius 3 is 1.97 bits per heavy atom. The smallest absolute Gasteiger partial charge is 0.340 e. The van der Waals surface area contributed by atoms with Gasteiger partial charge in [0.25, 0.3) is 5.69 Å². The van der Waals surface area contributed by atoms with Crippen molar-refractivity contribution in [3.05, 3.63) is 56.4 Å². The molecule has 2 heterocycles. The monoisotopic (exact) mass is 498 g/mol. The highest BCUT2D eigenvalue weighted by Gasteiger charge is 2.50. The van der Waals surface area contributed by atoms with E-state index in [2.05, 4.69) is 4.98 Å². The minimum Gasteiger partial charge on any atom is -0.462 e. The maximum atomic E-state index is 13.1. The fraction of sp³-hybridized carbons (Fsp3) is 0.500. The van der Waals surface area contributed by atoms with E-state index in [1.165, 1.54) is 12.1 Å². The van der Waals surface area contributed by atoms with Gasteiger partial charge in [-0.15, -0.1) is 10.3 Å². The molecule has 1 aliphatic rings. The number of pyridine rings is 1. The van der Waals surface area contributed by atoms with Crippen LogP contribution in [0.15, 0.2) is 18.2 Å². The summed E-state index contributed by atoms with van der Waals surface area (Å²) in [5, 5.41) is 26.4. The van der Waals surface area contributed by atoms with Crippen LogP contribution >= 0.6 is 0 Å². The lowest BCUT2D eigenvalue weighted by atomic mass is 9.86. The number of rotatable bonds is 7. The fourth-order valence-corrected chi connectivity index (χ4v) is 4.94. The number of aromatic nitrogens is 1. The predicted molar refractivity (Wildman–Crippen MR) is 131 cm³/mol. The van der Waals surface area contributed by atoms with Crippen molar-refractivity contribution in [2.45, 2.75) is 72.4 Å². The van der Waals surface area contributed by atoms with Crippen LogP contribution in [0.1, 0.15) is 85.1 Å². The highest BCUT2D eigenvalue weighted by molar-refractivity contribution is 6.08. The van der Waals surface area contributed by atoms with E-state index in [9.17, 15) is 24.9 Å². The van der Waals surface area contributed by atoms with Gasteiger partial charge >= 0.3 is 11.9 Å². The number of aryl methyl sites for hydroxylation is 2. The molecule has 1 aromatic heterocycles. The van der Waals surface area contributed by atoms with Crippen LogP contribution in [0.2, 0.25) is 0 Å². The largest absolute Gasteiger partial charge is 0.462 e. The Labute approximate surface area is 210 Å². The summed E-state index contributed by atoms with van der Waals surface area (Å²) in [5.41, 5.74) is -0.914. The molecule has 1 aliphatic heterocycles. The molecule has 0 N–H and O–H groups in total. The molecule has 1 saturated heterocycles. The molecule has 1 radical (unpaired) electrons. The molecule has 1 unspecified atom stereocenters. The first-order chi connectivity index (χ1) is 16.8. The van der Waals surface area contributed by atoms with Crippen LogP contribution in [0, 0.1) is 24.0 Å². The summed E-state index contributed by atoms with van der Waals surface area (Å²) < 4.78 is 10.4. The molecular weight excluding hydrogens is 466 g/mol. The second-order valence-corrected chi connectivity index (χ2v) is 9.72. The Morgan fingerprint density at radius 2 is 1.56 bits per heavy atom. The van der Waals surface area contributed by atoms with Crippen LogP contribution < -0.4 is 0 Å². The van der Waals surface area contributed by atoms with Gasteiger partial charge in [0, 0.05) is 17.2 Å². The Hall–Kier alpha value is -3.37. The van der Waals surface area contributed by atoms with Crippen molar-refractivity contribution in [3.8, 4) is 11.1 Å². The number of ether oxygens (including phenoxy) is 2. The molecule has 2 aromatic rings. The summed E-state index contributed by atoms with van der Waals surface area (Å²) >= 11 is 0. The van der Waals surface area contributed by atoms with Crippen LogP contribution in [0.4, 0.5) is 5.69 Å². The second kappa shape index (κ2) is 9.94. The van der Waals surface area contributed by atoms with E-state index in [0.29, 0.717) is 18.4 Å². The average Bonchev–Trinajstić information content (AvgIpc) is 3.02. The van der Waals surface area contributed by atoms with Crippen LogP contribution in [-0.2, 0) is 20.2 Å². The molecule has 0 saturated carbocycles. The zero-order valence-corrected chi connectivity index (χ0v) is 21.8. The molecule has 1 atom stereocenters. The fourth-order valence-electron chi connectivity index (χ4n) is 4.94. The van der Waals surface area contributed by atoms with Crippen molar-refractivity contribution in [2.24, 2.45) is 0 Å². The molecule has 0 bridgehead atoms. The lowest BCUT2D eigenvalue weighted by Crippen LogP contribution is -2.44. The van der Waals surface area contributed by atoms with Crippen molar-refractivity contribution in [1.82, 2.24) is 10.0 Å². The van der Waals surface area contributed by atoms with E-state index in [1.807, 2.05) is 13.8 Å². The van der Waals surface area contributed by atoms with E-state index in [-0.39, 0.29) is 52.5 Å². The first-order valence-electron chi connectivity index (χ1n) is 11.9. The third-order valence-electron chi connectivity index (χ3n) is 6.83. The summed E-state index contributed by atoms with van der Waals surface area (Å²) in [7, 11) is 0. The molecule has 193 valence electrons. The van der Waals surface area contributed by atoms with Gasteiger partial charge in [-0.2, -0.15) is 0 Å². The predicted octanol–water partition coefficient (Wildman–Crippen LogP) is 5.06. The van der Waals surface area contributed by atoms with Crippen molar-refractivity contribution in [1.29, 1.82) is 0 Å². The number of carbonyl (C=O) groups excluding carboxylic acids is 2. The van der Waals surface area contributed by atoms with E-state index in [1.54, 1.807) is 40.7 Å². The third-order valence-corrected chi connectivity index (χ3v) is 6.83. The van der Waals surface area contributed by atoms with Gasteiger partial charge < -0.3 is 9.47 Å². The quantitative estimate of drug-likeness (QED) is 0.294. The van der Waals surface area contributed by atoms with Gasteiger partial charge in [0.1, 0.15) is 0 Å². The van der Waals surface area contributed by atoms with E-state index < -0.39 is 27.9 Å². The van der Waals surface area contributed by atoms with Gasteiger partial charge in [-0.1, -0.05) is 6.07 Å². The summed E-state index contributed by atoms with van der Waals surface area (Å²) in [6, 6.07) is 4.48. The Bertz CT molecular complexity index is 1180. The number of hydrogen-bond donors (Lipinski definition) is 0. The van der Waals surface area contributed by atoms with Crippen LogP contribution in [-0.4, -0.2) is 45.7 Å². The molecule has 10 nitrogen and oxygen atoms in total. The Kier molecular flexibility index (Phi) is 7.52. The SMILES string of the molecule is CCOC(=O)c1c(C)nc(C)c(C(=O)OCC)c1-c1ccc(C2(C)CCC(C)(C)N2[O])cc1[N+](=O)[O-]. The molecule has 0 spiro atoms. The van der Waals surface area contributed by atoms with Gasteiger partial charge in [0.15, 0.2) is 0 Å². The molecule has 1 aromatic carbocycles. The molecule has 36 heavy (non-hydrogen) atoms. The number of nitro groups is 1. The van der Waals surface area contributed by atoms with E-state index in [4.69, 9.17) is 9.47 Å². The summed E-state index contributed by atoms with van der Waals surface area (Å²) in [6.07, 6.45) is 1.15. The molecule has 10 heteroatoms. The first kappa shape index (κ1) is 27.2. The van der Waals surface area contributed by atoms with Gasteiger partial charge in [-0.25, -0.2) is 9.59 Å². The number of carbonyl (C=O) groups is 2. The normalized spacial score (nSPS) is 19.2. The molecule has 0 amide bonds. The van der Waals surface area contributed by atoms with Crippen molar-refractivity contribution >= 4 is 17.6 Å². The number of nitrogens with zero attached hydrogens (tertiary/aromatic N) is 3. The zero-order valence-electron chi connectivity index (χ0n) is 21.8. The lowest BCUT2D eigenvalue weighted by Gasteiger charge is -2.35. The topological polar surface area (TPSA) is 132 Å². The van der Waals surface area contributed by atoms with Crippen molar-refractivity contribution < 1.29 is 29.2 Å². The van der Waals surface area contributed by atoms with E-state index >= 15 is 0 Å². The lowest BCUT2D eigenvalue weighted by molar-refractivity contribution is -0.384. The van der Waals surface area contributed by atoms with E-state index in [0.717, 1.165) is 5.06 Å². The van der Waals surface area contributed by atoms with Crippen molar-refractivity contribution in [3.63, 3.8) is 0 Å². The first-order valence-corrected chi connectivity index (χ1v) is 11.9. The number of benzene rings is 1. The minimum atomic E-state index is -0.967. The van der Waals surface area contributed by atoms with Crippen LogP contribution in [0.25, 0.3) is 11.1 Å². The standard InChI is InChI=1S/C26H32N3O7/c1-8-35-23(30)20-15(3)27-16(4)21(24(31)36-9-2)22(20)18-11-10-17(14-19(18)28(32)33)26(7)13-12-25(5,6)29(26)34/h10-11,14H,8-9,12-13H2,1-7H3. The number of hydrogen-bond acceptors (Lipinski definition) is 8. The Balaban J connectivity index is 2.37. The summed E-state index contributed by atoms with van der Waals surface area (Å²) in [4.78, 5) is 42.1. The molecule has 3 rings (SSSR count). The Morgan fingerprint density at radius 1 is 1.03 bits per heavy atom. The highest BCUT2D eigenvalue weighted by atomic mass is 16.6. The average molecular weight is 499 g/mol. The maximum Gasteiger partial charge on any atom is 0.340 e. The van der Waals surface area contributed by atoms with Gasteiger partial charge in [-0.3, -0.25) is 15.1 Å². The maximum absolute atomic E-state index is 13.1. The van der Waals surface area contributed by atoms with Crippen molar-refractivity contribution in [2.75, 3.05) is 13.2 Å². The number of nitro benzene ring substituents is 1. The number of hydroxylamine groups is 2. The van der Waals surface area contributed by atoms with Crippen LogP contribution in [0.5, 0.6) is 0 Å². The van der Waals surface area contributed by atoms with Gasteiger partial charge in [0.2, 0.25) is 0 Å². The third kappa shape index (κ3) is 4.58. The molecule has 1 fully saturated rings. The number of esters is 2. The molecular formula is C26H32N3O7. The highest BCUT2D eigenvalue weighted by Crippen LogP contribution is 2.48. The molecule has 0 aliphatic carbocycles. The summed E-state index contributed by atoms with van der Waals surface area (Å²) in [5.74, 6) is -1.51. The van der Waals surface area contributed by atoms with Crippen LogP contribution in [0.3, 0.4) is 0 Å². The van der Waals surface area contributed by atoms with Gasteiger partial charge in [-0.05, 0) is 72.9 Å². The second-order valence-electron chi connectivity index (χ2n) is 9.72. The summed E-state index contributed by atoms with van der Waals surface area (Å²) in [6.45, 7) is 12.0.